The Bertz CT molecular complexity index is 884. The van der Waals surface area contributed by atoms with Gasteiger partial charge < -0.3 is 5.32 Å². The Balaban J connectivity index is 2.25. The molecule has 0 bridgehead atoms. The molecule has 0 saturated heterocycles. The molecular formula is C20H25NO3S. The van der Waals surface area contributed by atoms with Crippen molar-refractivity contribution >= 4 is 15.7 Å². The van der Waals surface area contributed by atoms with E-state index >= 15 is 0 Å². The number of nitrogens with one attached hydrogen (secondary N) is 1. The number of amides is 1. The molecule has 4 nitrogen and oxygen atoms in total. The summed E-state index contributed by atoms with van der Waals surface area (Å²) in [6.07, 6.45) is 1.90. The number of rotatable bonds is 5. The van der Waals surface area contributed by atoms with Crippen LogP contribution in [0.25, 0.3) is 0 Å². The van der Waals surface area contributed by atoms with Crippen LogP contribution in [0.5, 0.6) is 0 Å². The molecule has 2 aromatic rings. The van der Waals surface area contributed by atoms with Crippen LogP contribution in [0.15, 0.2) is 41.3 Å². The van der Waals surface area contributed by atoms with E-state index in [0.717, 1.165) is 22.3 Å². The lowest BCUT2D eigenvalue weighted by molar-refractivity contribution is 0.0935. The summed E-state index contributed by atoms with van der Waals surface area (Å²) in [6.45, 7) is 7.95. The Labute approximate surface area is 150 Å². The average molecular weight is 359 g/mol. The van der Waals surface area contributed by atoms with Crippen LogP contribution in [0.2, 0.25) is 0 Å². The lowest BCUT2D eigenvalue weighted by Gasteiger charge is -2.19. The third-order valence-electron chi connectivity index (χ3n) is 4.51. The predicted octanol–water partition coefficient (Wildman–Crippen LogP) is 3.90. The maximum Gasteiger partial charge on any atom is 0.252 e. The molecule has 134 valence electrons. The van der Waals surface area contributed by atoms with E-state index in [-0.39, 0.29) is 16.8 Å². The number of hydrogen-bond acceptors (Lipinski definition) is 3. The highest BCUT2D eigenvalue weighted by atomic mass is 32.2. The second-order valence-corrected chi connectivity index (χ2v) is 8.54. The number of aryl methyl sites for hydroxylation is 3. The zero-order valence-electron chi connectivity index (χ0n) is 15.4. The summed E-state index contributed by atoms with van der Waals surface area (Å²) >= 11 is 0. The van der Waals surface area contributed by atoms with Crippen molar-refractivity contribution in [1.29, 1.82) is 0 Å². The number of sulfone groups is 1. The lowest BCUT2D eigenvalue weighted by Crippen LogP contribution is -2.28. The van der Waals surface area contributed by atoms with Gasteiger partial charge in [-0.25, -0.2) is 8.42 Å². The van der Waals surface area contributed by atoms with Crippen LogP contribution in [0.4, 0.5) is 0 Å². The number of benzene rings is 2. The number of hydrogen-bond donors (Lipinski definition) is 1. The van der Waals surface area contributed by atoms with Crippen LogP contribution in [-0.4, -0.2) is 20.6 Å². The second kappa shape index (κ2) is 7.40. The van der Waals surface area contributed by atoms with Crippen LogP contribution in [-0.2, 0) is 9.84 Å². The number of carbonyl (C=O) groups excluding carboxylic acids is 1. The quantitative estimate of drug-likeness (QED) is 0.881. The standard InChI is InChI=1S/C20H25NO3S/c1-6-19(16-7-9-17(10-8-16)25(5,23)24)21-20(22)18-12-14(3)13(2)11-15(18)4/h7-12,19H,6H2,1-5H3,(H,21,22)/t19-/m1/s1. The van der Waals surface area contributed by atoms with Crippen LogP contribution in [0.1, 0.15) is 52.0 Å². The van der Waals surface area contributed by atoms with Gasteiger partial charge in [-0.3, -0.25) is 4.79 Å². The summed E-state index contributed by atoms with van der Waals surface area (Å²) in [5, 5.41) is 3.06. The highest BCUT2D eigenvalue weighted by molar-refractivity contribution is 7.90. The van der Waals surface area contributed by atoms with Crippen molar-refractivity contribution in [2.45, 2.75) is 45.1 Å². The van der Waals surface area contributed by atoms with Gasteiger partial charge in [0.2, 0.25) is 0 Å². The SMILES string of the molecule is CC[C@@H](NC(=O)c1cc(C)c(C)cc1C)c1ccc(S(C)(=O)=O)cc1. The Morgan fingerprint density at radius 3 is 2.08 bits per heavy atom. The first-order chi connectivity index (χ1) is 11.6. The largest absolute Gasteiger partial charge is 0.345 e. The molecule has 2 rings (SSSR count). The van der Waals surface area contributed by atoms with E-state index in [9.17, 15) is 13.2 Å². The van der Waals surface area contributed by atoms with Gasteiger partial charge in [0.1, 0.15) is 0 Å². The molecule has 0 heterocycles. The van der Waals surface area contributed by atoms with Crippen molar-refractivity contribution in [3.05, 3.63) is 64.2 Å². The third-order valence-corrected chi connectivity index (χ3v) is 5.64. The normalized spacial score (nSPS) is 12.7. The first-order valence-electron chi connectivity index (χ1n) is 8.32. The van der Waals surface area contributed by atoms with Crippen molar-refractivity contribution in [2.75, 3.05) is 6.26 Å². The molecule has 0 saturated carbocycles. The summed E-state index contributed by atoms with van der Waals surface area (Å²) < 4.78 is 23.1. The number of carbonyl (C=O) groups is 1. The Morgan fingerprint density at radius 1 is 1.00 bits per heavy atom. The molecule has 1 atom stereocenters. The average Bonchev–Trinajstić information content (AvgIpc) is 2.55. The maximum absolute atomic E-state index is 12.7. The molecule has 25 heavy (non-hydrogen) atoms. The topological polar surface area (TPSA) is 63.2 Å². The molecule has 1 N–H and O–H groups in total. The van der Waals surface area contributed by atoms with E-state index in [4.69, 9.17) is 0 Å². The predicted molar refractivity (Wildman–Crippen MR) is 101 cm³/mol. The second-order valence-electron chi connectivity index (χ2n) is 6.53. The summed E-state index contributed by atoms with van der Waals surface area (Å²) in [5.41, 5.74) is 4.76. The minimum Gasteiger partial charge on any atom is -0.345 e. The highest BCUT2D eigenvalue weighted by Gasteiger charge is 2.17. The van der Waals surface area contributed by atoms with E-state index in [1.54, 1.807) is 24.3 Å². The van der Waals surface area contributed by atoms with Gasteiger partial charge in [0, 0.05) is 11.8 Å². The molecule has 1 amide bonds. The van der Waals surface area contributed by atoms with Crippen LogP contribution < -0.4 is 5.32 Å². The van der Waals surface area contributed by atoms with E-state index in [1.165, 1.54) is 6.26 Å². The van der Waals surface area contributed by atoms with E-state index in [1.807, 2.05) is 39.8 Å². The Kier molecular flexibility index (Phi) is 5.68. The zero-order valence-corrected chi connectivity index (χ0v) is 16.2. The van der Waals surface area contributed by atoms with Gasteiger partial charge >= 0.3 is 0 Å². The molecule has 0 aromatic heterocycles. The summed E-state index contributed by atoms with van der Waals surface area (Å²) in [5.74, 6) is -0.111. The first-order valence-corrected chi connectivity index (χ1v) is 10.2. The van der Waals surface area contributed by atoms with E-state index < -0.39 is 9.84 Å². The molecule has 0 aliphatic carbocycles. The molecular weight excluding hydrogens is 334 g/mol. The summed E-state index contributed by atoms with van der Waals surface area (Å²) in [7, 11) is -3.22. The highest BCUT2D eigenvalue weighted by Crippen LogP contribution is 2.21. The molecule has 0 fully saturated rings. The smallest absolute Gasteiger partial charge is 0.252 e. The fraction of sp³-hybridized carbons (Fsp3) is 0.350. The Hall–Kier alpha value is -2.14. The van der Waals surface area contributed by atoms with Gasteiger partial charge in [0.05, 0.1) is 10.9 Å². The minimum atomic E-state index is -3.22. The van der Waals surface area contributed by atoms with Gasteiger partial charge in [-0.1, -0.05) is 25.1 Å². The lowest BCUT2D eigenvalue weighted by atomic mass is 9.99. The molecule has 5 heteroatoms. The van der Waals surface area contributed by atoms with Crippen molar-refractivity contribution in [3.63, 3.8) is 0 Å². The van der Waals surface area contributed by atoms with Gasteiger partial charge in [0.25, 0.3) is 5.91 Å². The molecule has 0 spiro atoms. The van der Waals surface area contributed by atoms with Crippen molar-refractivity contribution in [1.82, 2.24) is 5.32 Å². The van der Waals surface area contributed by atoms with Gasteiger partial charge in [0.15, 0.2) is 9.84 Å². The van der Waals surface area contributed by atoms with Crippen LogP contribution in [0, 0.1) is 20.8 Å². The molecule has 0 radical (unpaired) electrons. The maximum atomic E-state index is 12.7. The van der Waals surface area contributed by atoms with E-state index in [2.05, 4.69) is 5.32 Å². The summed E-state index contributed by atoms with van der Waals surface area (Å²) in [4.78, 5) is 13.0. The van der Waals surface area contributed by atoms with Crippen LogP contribution in [0.3, 0.4) is 0 Å². The fourth-order valence-electron chi connectivity index (χ4n) is 2.81. The van der Waals surface area contributed by atoms with Crippen molar-refractivity contribution < 1.29 is 13.2 Å². The molecule has 0 aliphatic heterocycles. The van der Waals surface area contributed by atoms with Gasteiger partial charge in [-0.2, -0.15) is 0 Å². The third kappa shape index (κ3) is 4.48. The fourth-order valence-corrected chi connectivity index (χ4v) is 3.44. The van der Waals surface area contributed by atoms with Crippen molar-refractivity contribution in [3.8, 4) is 0 Å². The minimum absolute atomic E-state index is 0.111. The van der Waals surface area contributed by atoms with Crippen LogP contribution >= 0.6 is 0 Å². The van der Waals surface area contributed by atoms with Gasteiger partial charge in [-0.15, -0.1) is 0 Å². The van der Waals surface area contributed by atoms with Crippen molar-refractivity contribution in [2.24, 2.45) is 0 Å². The molecule has 0 unspecified atom stereocenters. The van der Waals surface area contributed by atoms with E-state index in [0.29, 0.717) is 12.0 Å². The summed E-state index contributed by atoms with van der Waals surface area (Å²) in [6, 6.07) is 10.5. The first kappa shape index (κ1) is 19.2. The Morgan fingerprint density at radius 2 is 1.56 bits per heavy atom. The zero-order chi connectivity index (χ0) is 18.8. The van der Waals surface area contributed by atoms with Gasteiger partial charge in [-0.05, 0) is 67.6 Å². The molecule has 2 aromatic carbocycles. The molecule has 0 aliphatic rings. The monoisotopic (exact) mass is 359 g/mol.